The molecule has 3 nitrogen and oxygen atoms in total. The normalized spacial score (nSPS) is 17.7. The van der Waals surface area contributed by atoms with E-state index in [2.05, 4.69) is 10.3 Å². The van der Waals surface area contributed by atoms with Gasteiger partial charge in [0.25, 0.3) is 5.78 Å². The second-order valence-corrected chi connectivity index (χ2v) is 7.78. The summed E-state index contributed by atoms with van der Waals surface area (Å²) in [6.45, 7) is 3.16. The molecule has 2 heterocycles. The van der Waals surface area contributed by atoms with Crippen LogP contribution in [-0.2, 0) is 0 Å². The van der Waals surface area contributed by atoms with Gasteiger partial charge in [-0.2, -0.15) is 13.2 Å². The minimum absolute atomic E-state index is 0.0971. The Bertz CT molecular complexity index is 1070. The van der Waals surface area contributed by atoms with Gasteiger partial charge in [-0.3, -0.25) is 9.78 Å². The SMILES string of the molecule is Cc1nc2cccc(C3CCCCNC3)c2c(-c2ccccc2)c1C(=O)C(F)(F)F. The van der Waals surface area contributed by atoms with Gasteiger partial charge in [-0.05, 0) is 49.4 Å². The van der Waals surface area contributed by atoms with E-state index in [9.17, 15) is 18.0 Å². The molecule has 1 aliphatic heterocycles. The summed E-state index contributed by atoms with van der Waals surface area (Å²) in [5.74, 6) is -1.70. The molecule has 1 unspecified atom stereocenters. The molecule has 1 aliphatic rings. The van der Waals surface area contributed by atoms with Gasteiger partial charge in [0.2, 0.25) is 0 Å². The lowest BCUT2D eigenvalue weighted by atomic mass is 9.85. The molecule has 30 heavy (non-hydrogen) atoms. The predicted molar refractivity (Wildman–Crippen MR) is 112 cm³/mol. The van der Waals surface area contributed by atoms with Crippen molar-refractivity contribution in [2.45, 2.75) is 38.3 Å². The highest BCUT2D eigenvalue weighted by Crippen LogP contribution is 2.40. The first-order valence-corrected chi connectivity index (χ1v) is 10.2. The van der Waals surface area contributed by atoms with Gasteiger partial charge in [0.15, 0.2) is 0 Å². The van der Waals surface area contributed by atoms with Gasteiger partial charge in [-0.15, -0.1) is 0 Å². The number of aryl methyl sites for hydroxylation is 1. The monoisotopic (exact) mass is 412 g/mol. The Labute approximate surface area is 173 Å². The first-order chi connectivity index (χ1) is 14.4. The fourth-order valence-corrected chi connectivity index (χ4v) is 4.40. The number of nitrogens with one attached hydrogen (secondary N) is 1. The fourth-order valence-electron chi connectivity index (χ4n) is 4.40. The molecule has 156 valence electrons. The summed E-state index contributed by atoms with van der Waals surface area (Å²) >= 11 is 0. The van der Waals surface area contributed by atoms with Crippen molar-refractivity contribution in [2.24, 2.45) is 0 Å². The Balaban J connectivity index is 2.08. The number of hydrogen-bond donors (Lipinski definition) is 1. The zero-order valence-corrected chi connectivity index (χ0v) is 16.7. The largest absolute Gasteiger partial charge is 0.454 e. The van der Waals surface area contributed by atoms with Crippen molar-refractivity contribution in [1.82, 2.24) is 10.3 Å². The van der Waals surface area contributed by atoms with Gasteiger partial charge in [0.05, 0.1) is 11.1 Å². The van der Waals surface area contributed by atoms with Crippen LogP contribution in [-0.4, -0.2) is 30.0 Å². The number of halogens is 3. The van der Waals surface area contributed by atoms with E-state index in [1.165, 1.54) is 6.92 Å². The lowest BCUT2D eigenvalue weighted by molar-refractivity contribution is -0.0885. The predicted octanol–water partition coefficient (Wildman–Crippen LogP) is 5.81. The summed E-state index contributed by atoms with van der Waals surface area (Å²) in [5.41, 5.74) is 2.24. The van der Waals surface area contributed by atoms with Crippen LogP contribution in [0.25, 0.3) is 22.0 Å². The van der Waals surface area contributed by atoms with Crippen LogP contribution in [0.3, 0.4) is 0 Å². The van der Waals surface area contributed by atoms with Crippen molar-refractivity contribution >= 4 is 16.7 Å². The number of aromatic nitrogens is 1. The van der Waals surface area contributed by atoms with Crippen LogP contribution < -0.4 is 5.32 Å². The third-order valence-electron chi connectivity index (χ3n) is 5.76. The summed E-state index contributed by atoms with van der Waals surface area (Å²) in [4.78, 5) is 16.9. The van der Waals surface area contributed by atoms with Crippen LogP contribution in [0, 0.1) is 6.92 Å². The van der Waals surface area contributed by atoms with Gasteiger partial charge >= 0.3 is 6.18 Å². The number of pyridine rings is 1. The highest BCUT2D eigenvalue weighted by molar-refractivity contribution is 6.13. The fraction of sp³-hybridized carbons (Fsp3) is 0.333. The first kappa shape index (κ1) is 20.5. The second kappa shape index (κ2) is 8.19. The maximum Gasteiger partial charge on any atom is 0.454 e. The number of nitrogens with zero attached hydrogens (tertiary/aromatic N) is 1. The molecule has 0 aliphatic carbocycles. The summed E-state index contributed by atoms with van der Waals surface area (Å²) in [5, 5.41) is 4.07. The van der Waals surface area contributed by atoms with Crippen molar-refractivity contribution in [2.75, 3.05) is 13.1 Å². The molecule has 0 spiro atoms. The van der Waals surface area contributed by atoms with Crippen molar-refractivity contribution in [3.05, 3.63) is 65.4 Å². The molecule has 0 radical (unpaired) electrons. The van der Waals surface area contributed by atoms with Crippen molar-refractivity contribution in [3.63, 3.8) is 0 Å². The average molecular weight is 412 g/mol. The van der Waals surface area contributed by atoms with E-state index >= 15 is 0 Å². The highest BCUT2D eigenvalue weighted by Gasteiger charge is 2.42. The maximum atomic E-state index is 13.5. The Hall–Kier alpha value is -2.73. The standard InChI is InChI=1S/C24H23F3N2O/c1-15-20(23(30)24(25,26)27)21(16-8-3-2-4-9-16)22-18(11-7-12-19(22)29-15)17-10-5-6-13-28-14-17/h2-4,7-9,11-12,17,28H,5-6,10,13-14H2,1H3. The number of hydrogen-bond acceptors (Lipinski definition) is 3. The van der Waals surface area contributed by atoms with Crippen LogP contribution in [0.4, 0.5) is 13.2 Å². The Morgan fingerprint density at radius 1 is 1.07 bits per heavy atom. The lowest BCUT2D eigenvalue weighted by Crippen LogP contribution is -2.25. The Morgan fingerprint density at radius 2 is 1.83 bits per heavy atom. The third-order valence-corrected chi connectivity index (χ3v) is 5.76. The maximum absolute atomic E-state index is 13.5. The van der Waals surface area contributed by atoms with Crippen molar-refractivity contribution < 1.29 is 18.0 Å². The smallest absolute Gasteiger partial charge is 0.316 e. The summed E-state index contributed by atoms with van der Waals surface area (Å²) in [6, 6.07) is 14.5. The molecular formula is C24H23F3N2O. The zero-order chi connectivity index (χ0) is 21.3. The molecule has 1 aromatic heterocycles. The minimum Gasteiger partial charge on any atom is -0.316 e. The number of Topliss-reactive ketones (excluding diaryl/α,β-unsaturated/α-hetero) is 1. The quantitative estimate of drug-likeness (QED) is 0.552. The molecule has 0 bridgehead atoms. The number of ketones is 1. The Kier molecular flexibility index (Phi) is 5.60. The molecule has 2 aromatic carbocycles. The van der Waals surface area contributed by atoms with Gasteiger partial charge in [0, 0.05) is 23.2 Å². The number of alkyl halides is 3. The van der Waals surface area contributed by atoms with Gasteiger partial charge in [0.1, 0.15) is 0 Å². The molecule has 0 saturated carbocycles. The average Bonchev–Trinajstić information content (AvgIpc) is 3.01. The molecule has 4 rings (SSSR count). The molecule has 1 atom stereocenters. The van der Waals surface area contributed by atoms with Crippen LogP contribution in [0.1, 0.15) is 46.8 Å². The van der Waals surface area contributed by atoms with Crippen LogP contribution in [0.15, 0.2) is 48.5 Å². The van der Waals surface area contributed by atoms with E-state index < -0.39 is 12.0 Å². The molecular weight excluding hydrogens is 389 g/mol. The van der Waals surface area contributed by atoms with E-state index in [1.54, 1.807) is 30.3 Å². The number of carbonyl (C=O) groups is 1. The van der Waals surface area contributed by atoms with Gasteiger partial charge in [-0.1, -0.05) is 48.9 Å². The molecule has 3 aromatic rings. The van der Waals surface area contributed by atoms with E-state index in [1.807, 2.05) is 18.2 Å². The summed E-state index contributed by atoms with van der Waals surface area (Å²) in [6.07, 6.45) is -1.91. The van der Waals surface area contributed by atoms with Crippen molar-refractivity contribution in [1.29, 1.82) is 0 Å². The van der Waals surface area contributed by atoms with E-state index in [0.717, 1.165) is 37.9 Å². The second-order valence-electron chi connectivity index (χ2n) is 7.78. The molecule has 6 heteroatoms. The minimum atomic E-state index is -4.97. The summed E-state index contributed by atoms with van der Waals surface area (Å²) in [7, 11) is 0. The number of benzene rings is 2. The molecule has 1 saturated heterocycles. The van der Waals surface area contributed by atoms with E-state index in [0.29, 0.717) is 22.0 Å². The van der Waals surface area contributed by atoms with Crippen LogP contribution in [0.2, 0.25) is 0 Å². The number of carbonyl (C=O) groups excluding carboxylic acids is 1. The van der Waals surface area contributed by atoms with E-state index in [-0.39, 0.29) is 17.2 Å². The van der Waals surface area contributed by atoms with Crippen LogP contribution >= 0.6 is 0 Å². The number of fused-ring (bicyclic) bond motifs is 1. The third kappa shape index (κ3) is 3.84. The van der Waals surface area contributed by atoms with Gasteiger partial charge in [-0.25, -0.2) is 0 Å². The summed E-state index contributed by atoms with van der Waals surface area (Å²) < 4.78 is 40.6. The van der Waals surface area contributed by atoms with E-state index in [4.69, 9.17) is 0 Å². The molecule has 1 N–H and O–H groups in total. The number of rotatable bonds is 3. The lowest BCUT2D eigenvalue weighted by Gasteiger charge is -2.22. The topological polar surface area (TPSA) is 42.0 Å². The highest BCUT2D eigenvalue weighted by atomic mass is 19.4. The Morgan fingerprint density at radius 3 is 2.57 bits per heavy atom. The first-order valence-electron chi connectivity index (χ1n) is 10.2. The van der Waals surface area contributed by atoms with Crippen LogP contribution in [0.5, 0.6) is 0 Å². The van der Waals surface area contributed by atoms with Crippen molar-refractivity contribution in [3.8, 4) is 11.1 Å². The van der Waals surface area contributed by atoms with Gasteiger partial charge < -0.3 is 5.32 Å². The molecule has 0 amide bonds. The molecule has 1 fully saturated rings. The zero-order valence-electron chi connectivity index (χ0n) is 16.7.